The maximum Gasteiger partial charge on any atom is 0.269 e. The van der Waals surface area contributed by atoms with E-state index in [0.717, 1.165) is 31.4 Å². The Bertz CT molecular complexity index is 1160. The number of nitrogens with two attached hydrogens (primary N) is 2. The lowest BCUT2D eigenvalue weighted by Crippen LogP contribution is -2.32. The van der Waals surface area contributed by atoms with Crippen LogP contribution in [0.3, 0.4) is 0 Å². The number of hydrogen-bond acceptors (Lipinski definition) is 6. The SMILES string of the molecule is CC(C)c1ccnc(NC(=O)c2ccc(-c3nc(C4CCCCN4)n(N)c3C(N)=O)cc2)c1. The van der Waals surface area contributed by atoms with E-state index < -0.39 is 5.91 Å². The summed E-state index contributed by atoms with van der Waals surface area (Å²) in [5.74, 6) is 6.69. The highest BCUT2D eigenvalue weighted by Crippen LogP contribution is 2.29. The molecular weight excluding hydrogens is 418 g/mol. The molecule has 2 aromatic heterocycles. The van der Waals surface area contributed by atoms with E-state index in [4.69, 9.17) is 11.6 Å². The molecule has 1 aromatic carbocycles. The second-order valence-corrected chi connectivity index (χ2v) is 8.56. The first-order valence-corrected chi connectivity index (χ1v) is 11.1. The van der Waals surface area contributed by atoms with Crippen LogP contribution >= 0.6 is 0 Å². The third-order valence-electron chi connectivity index (χ3n) is 5.91. The Morgan fingerprint density at radius 2 is 1.94 bits per heavy atom. The average Bonchev–Trinajstić information content (AvgIpc) is 3.17. The quantitative estimate of drug-likeness (QED) is 0.428. The number of carbonyl (C=O) groups excluding carboxylic acids is 2. The number of carbonyl (C=O) groups is 2. The molecule has 1 aliphatic rings. The fraction of sp³-hybridized carbons (Fsp3) is 0.333. The number of nitrogens with one attached hydrogen (secondary N) is 2. The van der Waals surface area contributed by atoms with Crippen molar-refractivity contribution < 1.29 is 9.59 Å². The molecule has 6 N–H and O–H groups in total. The number of aromatic nitrogens is 3. The van der Waals surface area contributed by atoms with Gasteiger partial charge in [-0.3, -0.25) is 9.59 Å². The van der Waals surface area contributed by atoms with Crippen molar-refractivity contribution in [2.75, 3.05) is 17.7 Å². The maximum atomic E-state index is 12.7. The molecule has 4 rings (SSSR count). The summed E-state index contributed by atoms with van der Waals surface area (Å²) in [5.41, 5.74) is 8.38. The maximum absolute atomic E-state index is 12.7. The molecule has 172 valence electrons. The number of pyridine rings is 1. The minimum atomic E-state index is -0.653. The second kappa shape index (κ2) is 9.41. The molecule has 0 saturated carbocycles. The Balaban J connectivity index is 1.58. The lowest BCUT2D eigenvalue weighted by molar-refractivity contribution is 0.0991. The molecule has 1 atom stereocenters. The molecule has 1 aliphatic heterocycles. The van der Waals surface area contributed by atoms with Crippen molar-refractivity contribution in [1.29, 1.82) is 0 Å². The Kier molecular flexibility index (Phi) is 6.41. The van der Waals surface area contributed by atoms with Crippen LogP contribution in [0.15, 0.2) is 42.6 Å². The molecule has 0 radical (unpaired) electrons. The van der Waals surface area contributed by atoms with Gasteiger partial charge in [-0.15, -0.1) is 0 Å². The van der Waals surface area contributed by atoms with Crippen LogP contribution in [0.5, 0.6) is 0 Å². The van der Waals surface area contributed by atoms with Crippen LogP contribution in [-0.4, -0.2) is 33.0 Å². The van der Waals surface area contributed by atoms with E-state index in [1.807, 2.05) is 12.1 Å². The van der Waals surface area contributed by atoms with Crippen molar-refractivity contribution in [2.45, 2.75) is 45.1 Å². The van der Waals surface area contributed by atoms with Crippen molar-refractivity contribution in [3.63, 3.8) is 0 Å². The predicted octanol–water partition coefficient (Wildman–Crippen LogP) is 2.95. The summed E-state index contributed by atoms with van der Waals surface area (Å²) in [5, 5.41) is 6.22. The van der Waals surface area contributed by atoms with E-state index in [1.54, 1.807) is 30.5 Å². The number of primary amides is 1. The van der Waals surface area contributed by atoms with Gasteiger partial charge in [0.2, 0.25) is 0 Å². The van der Waals surface area contributed by atoms with Gasteiger partial charge in [0.25, 0.3) is 11.8 Å². The minimum absolute atomic E-state index is 0.0326. The molecule has 0 bridgehead atoms. The summed E-state index contributed by atoms with van der Waals surface area (Å²) in [6.45, 7) is 5.04. The molecule has 1 fully saturated rings. The average molecular weight is 448 g/mol. The lowest BCUT2D eigenvalue weighted by atomic mass is 10.0. The highest BCUT2D eigenvalue weighted by Gasteiger charge is 2.27. The minimum Gasteiger partial charge on any atom is -0.364 e. The molecule has 1 saturated heterocycles. The Morgan fingerprint density at radius 1 is 1.18 bits per heavy atom. The van der Waals surface area contributed by atoms with Gasteiger partial charge in [-0.1, -0.05) is 32.4 Å². The molecule has 1 unspecified atom stereocenters. The molecule has 9 heteroatoms. The van der Waals surface area contributed by atoms with Gasteiger partial charge in [0.05, 0.1) is 6.04 Å². The smallest absolute Gasteiger partial charge is 0.269 e. The van der Waals surface area contributed by atoms with E-state index in [0.29, 0.717) is 34.4 Å². The van der Waals surface area contributed by atoms with Gasteiger partial charge in [0.1, 0.15) is 17.3 Å². The number of benzene rings is 1. The number of imidazole rings is 1. The number of hydrogen-bond donors (Lipinski definition) is 4. The molecule has 0 spiro atoms. The van der Waals surface area contributed by atoms with Crippen LogP contribution in [0.4, 0.5) is 5.82 Å². The number of anilines is 1. The predicted molar refractivity (Wildman–Crippen MR) is 127 cm³/mol. The van der Waals surface area contributed by atoms with E-state index >= 15 is 0 Å². The van der Waals surface area contributed by atoms with Crippen LogP contribution in [0, 0.1) is 0 Å². The highest BCUT2D eigenvalue weighted by atomic mass is 16.2. The van der Waals surface area contributed by atoms with Crippen molar-refractivity contribution in [1.82, 2.24) is 20.0 Å². The second-order valence-electron chi connectivity index (χ2n) is 8.56. The van der Waals surface area contributed by atoms with Crippen molar-refractivity contribution in [3.8, 4) is 11.3 Å². The largest absolute Gasteiger partial charge is 0.364 e. The number of nitrogen functional groups attached to an aromatic ring is 1. The number of amides is 2. The Labute approximate surface area is 192 Å². The summed E-state index contributed by atoms with van der Waals surface area (Å²) in [7, 11) is 0. The van der Waals surface area contributed by atoms with Crippen LogP contribution in [0.1, 0.15) is 77.3 Å². The monoisotopic (exact) mass is 447 g/mol. The normalized spacial score (nSPS) is 16.0. The van der Waals surface area contributed by atoms with E-state index in [1.165, 1.54) is 4.68 Å². The molecule has 3 aromatic rings. The van der Waals surface area contributed by atoms with E-state index in [-0.39, 0.29) is 17.6 Å². The lowest BCUT2D eigenvalue weighted by Gasteiger charge is -2.22. The van der Waals surface area contributed by atoms with Crippen LogP contribution in [0.2, 0.25) is 0 Å². The summed E-state index contributed by atoms with van der Waals surface area (Å²) in [4.78, 5) is 33.7. The summed E-state index contributed by atoms with van der Waals surface area (Å²) in [6, 6.07) is 10.6. The number of nitrogens with zero attached hydrogens (tertiary/aromatic N) is 3. The summed E-state index contributed by atoms with van der Waals surface area (Å²) < 4.78 is 1.29. The van der Waals surface area contributed by atoms with Gasteiger partial charge in [0, 0.05) is 17.3 Å². The van der Waals surface area contributed by atoms with E-state index in [9.17, 15) is 9.59 Å². The van der Waals surface area contributed by atoms with Crippen molar-refractivity contribution in [3.05, 3.63) is 65.2 Å². The topological polar surface area (TPSA) is 141 Å². The third kappa shape index (κ3) is 4.73. The third-order valence-corrected chi connectivity index (χ3v) is 5.91. The summed E-state index contributed by atoms with van der Waals surface area (Å²) in [6.07, 6.45) is 4.72. The standard InChI is InChI=1S/C24H29N7O2/c1-14(2)17-10-12-28-19(13-17)29-24(33)16-8-6-15(7-9-16)20-21(22(25)32)31(26)23(30-20)18-5-3-4-11-27-18/h6-10,12-14,18,27H,3-5,11,26H2,1-2H3,(H2,25,32)(H,28,29,33). The molecular formula is C24H29N7O2. The molecule has 9 nitrogen and oxygen atoms in total. The van der Waals surface area contributed by atoms with Gasteiger partial charge in [0.15, 0.2) is 5.69 Å². The van der Waals surface area contributed by atoms with Gasteiger partial charge in [-0.2, -0.15) is 0 Å². The molecule has 2 amide bonds. The molecule has 0 aliphatic carbocycles. The van der Waals surface area contributed by atoms with Gasteiger partial charge in [-0.05, 0) is 55.1 Å². The van der Waals surface area contributed by atoms with Crippen LogP contribution < -0.4 is 22.2 Å². The van der Waals surface area contributed by atoms with Crippen LogP contribution in [0.25, 0.3) is 11.3 Å². The van der Waals surface area contributed by atoms with Gasteiger partial charge in [-0.25, -0.2) is 14.6 Å². The fourth-order valence-corrected chi connectivity index (χ4v) is 4.05. The van der Waals surface area contributed by atoms with Gasteiger partial charge >= 0.3 is 0 Å². The van der Waals surface area contributed by atoms with Gasteiger partial charge < -0.3 is 22.2 Å². The molecule has 3 heterocycles. The Hall–Kier alpha value is -3.72. The first kappa shape index (κ1) is 22.5. The van der Waals surface area contributed by atoms with Crippen molar-refractivity contribution in [2.24, 2.45) is 5.73 Å². The summed E-state index contributed by atoms with van der Waals surface area (Å²) >= 11 is 0. The Morgan fingerprint density at radius 3 is 2.58 bits per heavy atom. The highest BCUT2D eigenvalue weighted by molar-refractivity contribution is 6.04. The zero-order valence-corrected chi connectivity index (χ0v) is 18.8. The fourth-order valence-electron chi connectivity index (χ4n) is 4.05. The number of piperidine rings is 1. The zero-order chi connectivity index (χ0) is 23.5. The van der Waals surface area contributed by atoms with Crippen LogP contribution in [-0.2, 0) is 0 Å². The first-order valence-electron chi connectivity index (χ1n) is 11.1. The van der Waals surface area contributed by atoms with E-state index in [2.05, 4.69) is 34.4 Å². The van der Waals surface area contributed by atoms with Crippen molar-refractivity contribution >= 4 is 17.6 Å². The first-order chi connectivity index (χ1) is 15.8. The zero-order valence-electron chi connectivity index (χ0n) is 18.8. The molecule has 33 heavy (non-hydrogen) atoms. The number of rotatable bonds is 6.